The van der Waals surface area contributed by atoms with Gasteiger partial charge in [0.2, 0.25) is 10.0 Å². The van der Waals surface area contributed by atoms with Crippen LogP contribution in [-0.4, -0.2) is 57.1 Å². The molecule has 1 heterocycles. The van der Waals surface area contributed by atoms with E-state index < -0.39 is 15.6 Å². The summed E-state index contributed by atoms with van der Waals surface area (Å²) < 4.78 is 37.8. The van der Waals surface area contributed by atoms with Crippen LogP contribution in [0.1, 0.15) is 19.4 Å². The molecule has 168 valence electrons. The molecule has 0 saturated carbocycles. The average Bonchev–Trinajstić information content (AvgIpc) is 2.76. The smallest absolute Gasteiger partial charge is 0.263 e. The fraction of sp³-hybridized carbons (Fsp3) is 0.409. The molecule has 0 radical (unpaired) electrons. The summed E-state index contributed by atoms with van der Waals surface area (Å²) in [6.07, 6.45) is 0.570. The fourth-order valence-corrected chi connectivity index (χ4v) is 4.67. The molecule has 0 atom stereocenters. The second kappa shape index (κ2) is 9.99. The zero-order valence-electron chi connectivity index (χ0n) is 17.6. The summed E-state index contributed by atoms with van der Waals surface area (Å²) in [6, 6.07) is 13.6. The van der Waals surface area contributed by atoms with Crippen molar-refractivity contribution in [3.8, 4) is 5.75 Å². The molecule has 0 unspecified atom stereocenters. The number of morpholine rings is 1. The highest BCUT2D eigenvalue weighted by atomic mass is 35.5. The van der Waals surface area contributed by atoms with E-state index in [9.17, 15) is 13.2 Å². The Balaban J connectivity index is 1.51. The topological polar surface area (TPSA) is 84.9 Å². The van der Waals surface area contributed by atoms with E-state index in [0.717, 1.165) is 5.56 Å². The molecule has 2 aromatic carbocycles. The zero-order valence-corrected chi connectivity index (χ0v) is 19.2. The first-order valence-electron chi connectivity index (χ1n) is 10.1. The molecule has 7 nitrogen and oxygen atoms in total. The highest BCUT2D eigenvalue weighted by Gasteiger charge is 2.29. The molecular weight excluding hydrogens is 440 g/mol. The molecule has 1 fully saturated rings. The van der Waals surface area contributed by atoms with Gasteiger partial charge in [-0.2, -0.15) is 4.31 Å². The second-order valence-electron chi connectivity index (χ2n) is 7.73. The van der Waals surface area contributed by atoms with Gasteiger partial charge in [0.25, 0.3) is 5.91 Å². The fourth-order valence-electron chi connectivity index (χ4n) is 3.14. The first-order chi connectivity index (χ1) is 14.7. The molecule has 1 amide bonds. The largest absolute Gasteiger partial charge is 0.478 e. The predicted molar refractivity (Wildman–Crippen MR) is 119 cm³/mol. The maximum absolute atomic E-state index is 12.7. The molecule has 1 aliphatic heterocycles. The van der Waals surface area contributed by atoms with Crippen LogP contribution in [0.2, 0.25) is 5.02 Å². The minimum absolute atomic E-state index is 0.242. The highest BCUT2D eigenvalue weighted by molar-refractivity contribution is 7.89. The van der Waals surface area contributed by atoms with Crippen LogP contribution in [0.3, 0.4) is 0 Å². The van der Waals surface area contributed by atoms with E-state index in [1.807, 2.05) is 0 Å². The number of nitrogens with zero attached hydrogens (tertiary/aromatic N) is 1. The molecule has 2 aromatic rings. The first kappa shape index (κ1) is 23.5. The molecule has 9 heteroatoms. The van der Waals surface area contributed by atoms with E-state index in [-0.39, 0.29) is 10.8 Å². The Bertz CT molecular complexity index is 986. The van der Waals surface area contributed by atoms with E-state index in [1.54, 1.807) is 62.4 Å². The molecule has 0 aromatic heterocycles. The number of hydrogen-bond acceptors (Lipinski definition) is 5. The maximum atomic E-state index is 12.7. The first-order valence-corrected chi connectivity index (χ1v) is 11.9. The Morgan fingerprint density at radius 1 is 1.10 bits per heavy atom. The quantitative estimate of drug-likeness (QED) is 0.646. The molecule has 1 N–H and O–H groups in total. The number of hydrogen-bond donors (Lipinski definition) is 1. The third kappa shape index (κ3) is 6.20. The van der Waals surface area contributed by atoms with E-state index >= 15 is 0 Å². The van der Waals surface area contributed by atoms with Gasteiger partial charge < -0.3 is 14.8 Å². The second-order valence-corrected chi connectivity index (χ2v) is 10.1. The zero-order chi connectivity index (χ0) is 22.5. The van der Waals surface area contributed by atoms with E-state index in [1.165, 1.54) is 4.31 Å². The van der Waals surface area contributed by atoms with E-state index in [4.69, 9.17) is 21.1 Å². The predicted octanol–water partition coefficient (Wildman–Crippen LogP) is 2.88. The normalized spacial score (nSPS) is 15.5. The maximum Gasteiger partial charge on any atom is 0.263 e. The van der Waals surface area contributed by atoms with Gasteiger partial charge in [-0.05, 0) is 62.2 Å². The van der Waals surface area contributed by atoms with Crippen LogP contribution in [0, 0.1) is 0 Å². The van der Waals surface area contributed by atoms with Crippen LogP contribution >= 0.6 is 11.6 Å². The number of rotatable bonds is 8. The van der Waals surface area contributed by atoms with Crippen molar-refractivity contribution in [2.75, 3.05) is 32.8 Å². The van der Waals surface area contributed by atoms with Gasteiger partial charge in [-0.25, -0.2) is 8.42 Å². The lowest BCUT2D eigenvalue weighted by atomic mass is 10.1. The summed E-state index contributed by atoms with van der Waals surface area (Å²) in [5.41, 5.74) is -0.123. The number of nitrogens with one attached hydrogen (secondary N) is 1. The monoisotopic (exact) mass is 466 g/mol. The molecular formula is C22H27ClN2O5S. The molecule has 1 aliphatic rings. The summed E-state index contributed by atoms with van der Waals surface area (Å²) in [5.74, 6) is 0.315. The highest BCUT2D eigenvalue weighted by Crippen LogP contribution is 2.21. The Morgan fingerprint density at radius 3 is 2.32 bits per heavy atom. The van der Waals surface area contributed by atoms with Crippen LogP contribution in [-0.2, 0) is 26.0 Å². The van der Waals surface area contributed by atoms with Crippen molar-refractivity contribution >= 4 is 27.5 Å². The van der Waals surface area contributed by atoms with Crippen molar-refractivity contribution in [1.29, 1.82) is 0 Å². The van der Waals surface area contributed by atoms with Gasteiger partial charge in [0, 0.05) is 24.7 Å². The standard InChI is InChI=1S/C22H27ClN2O5S/c1-22(2,30-19-7-5-18(23)6-8-19)21(26)24-12-11-17-3-9-20(10-4-17)31(27,28)25-13-15-29-16-14-25/h3-10H,11-16H2,1-2H3,(H,24,26). The Morgan fingerprint density at radius 2 is 1.71 bits per heavy atom. The van der Waals surface area contributed by atoms with Gasteiger partial charge in [-0.1, -0.05) is 23.7 Å². The van der Waals surface area contributed by atoms with Crippen LogP contribution in [0.25, 0.3) is 0 Å². The van der Waals surface area contributed by atoms with Gasteiger partial charge in [-0.15, -0.1) is 0 Å². The summed E-state index contributed by atoms with van der Waals surface area (Å²) in [4.78, 5) is 12.8. The average molecular weight is 467 g/mol. The summed E-state index contributed by atoms with van der Waals surface area (Å²) in [6.45, 7) is 5.35. The van der Waals surface area contributed by atoms with Gasteiger partial charge in [0.1, 0.15) is 5.75 Å². The Hall–Kier alpha value is -2.13. The summed E-state index contributed by atoms with van der Waals surface area (Å²) >= 11 is 5.87. The van der Waals surface area contributed by atoms with Crippen molar-refractivity contribution in [1.82, 2.24) is 9.62 Å². The Kier molecular flexibility index (Phi) is 7.59. The van der Waals surface area contributed by atoms with E-state index in [2.05, 4.69) is 5.32 Å². The van der Waals surface area contributed by atoms with Gasteiger partial charge in [-0.3, -0.25) is 4.79 Å². The van der Waals surface area contributed by atoms with Crippen LogP contribution in [0.4, 0.5) is 0 Å². The van der Waals surface area contributed by atoms with E-state index in [0.29, 0.717) is 50.0 Å². The van der Waals surface area contributed by atoms with Crippen molar-refractivity contribution in [2.24, 2.45) is 0 Å². The minimum Gasteiger partial charge on any atom is -0.478 e. The van der Waals surface area contributed by atoms with Crippen LogP contribution in [0.15, 0.2) is 53.4 Å². The molecule has 0 spiro atoms. The lowest BCUT2D eigenvalue weighted by Gasteiger charge is -2.26. The van der Waals surface area contributed by atoms with Crippen LogP contribution < -0.4 is 10.1 Å². The summed E-state index contributed by atoms with van der Waals surface area (Å²) in [7, 11) is -3.51. The van der Waals surface area contributed by atoms with Crippen molar-refractivity contribution in [3.63, 3.8) is 0 Å². The number of carbonyl (C=O) groups excluding carboxylic acids is 1. The van der Waals surface area contributed by atoms with Crippen molar-refractivity contribution in [2.45, 2.75) is 30.8 Å². The molecule has 0 aliphatic carbocycles. The molecule has 1 saturated heterocycles. The van der Waals surface area contributed by atoms with Crippen molar-refractivity contribution < 1.29 is 22.7 Å². The minimum atomic E-state index is -3.51. The van der Waals surface area contributed by atoms with Crippen molar-refractivity contribution in [3.05, 3.63) is 59.1 Å². The van der Waals surface area contributed by atoms with Crippen LogP contribution in [0.5, 0.6) is 5.75 Å². The molecule has 0 bridgehead atoms. The lowest BCUT2D eigenvalue weighted by molar-refractivity contribution is -0.134. The Labute approximate surface area is 188 Å². The number of ether oxygens (including phenoxy) is 2. The number of halogens is 1. The van der Waals surface area contributed by atoms with Gasteiger partial charge in [0.15, 0.2) is 5.60 Å². The number of sulfonamides is 1. The SMILES string of the molecule is CC(C)(Oc1ccc(Cl)cc1)C(=O)NCCc1ccc(S(=O)(=O)N2CCOCC2)cc1. The third-order valence-electron chi connectivity index (χ3n) is 4.96. The summed E-state index contributed by atoms with van der Waals surface area (Å²) in [5, 5.41) is 3.46. The molecule has 3 rings (SSSR count). The molecule has 31 heavy (non-hydrogen) atoms. The number of benzene rings is 2. The van der Waals surface area contributed by atoms with Gasteiger partial charge in [0.05, 0.1) is 18.1 Å². The number of amides is 1. The van der Waals surface area contributed by atoms with Gasteiger partial charge >= 0.3 is 0 Å². The third-order valence-corrected chi connectivity index (χ3v) is 7.13. The number of carbonyl (C=O) groups is 1. The lowest BCUT2D eigenvalue weighted by Crippen LogP contribution is -2.47.